The third-order valence-corrected chi connectivity index (χ3v) is 5.02. The smallest absolute Gasteiger partial charge is 0.413 e. The second-order valence-corrected chi connectivity index (χ2v) is 7.13. The number of carbonyl (C=O) groups excluding carboxylic acids is 2. The minimum atomic E-state index is -0.415. The first kappa shape index (κ1) is 20.8. The highest BCUT2D eigenvalue weighted by atomic mass is 35.5. The number of nitrogens with zero attached hydrogens (tertiary/aromatic N) is 3. The molecule has 0 aromatic heterocycles. The Bertz CT molecular complexity index is 851. The summed E-state index contributed by atoms with van der Waals surface area (Å²) in [5.74, 6) is 0. The lowest BCUT2D eigenvalue weighted by molar-refractivity contribution is 0.161. The molecule has 3 amide bonds. The van der Waals surface area contributed by atoms with Crippen molar-refractivity contribution in [3.63, 3.8) is 0 Å². The van der Waals surface area contributed by atoms with Crippen LogP contribution >= 0.6 is 11.6 Å². The fraction of sp³-hybridized carbons (Fsp3) is 0.333. The highest BCUT2D eigenvalue weighted by Gasteiger charge is 2.21. The fourth-order valence-corrected chi connectivity index (χ4v) is 3.32. The molecule has 0 spiro atoms. The lowest BCUT2D eigenvalue weighted by Crippen LogP contribution is -2.50. The molecule has 1 heterocycles. The minimum Gasteiger partial charge on any atom is -0.449 e. The van der Waals surface area contributed by atoms with E-state index in [-0.39, 0.29) is 6.03 Å². The van der Waals surface area contributed by atoms with Crippen LogP contribution in [-0.4, -0.2) is 56.9 Å². The summed E-state index contributed by atoms with van der Waals surface area (Å²) in [6.45, 7) is 4.83. The summed E-state index contributed by atoms with van der Waals surface area (Å²) in [5.41, 5.74) is 2.43. The molecule has 1 fully saturated rings. The van der Waals surface area contributed by atoms with Crippen molar-refractivity contribution in [2.24, 2.45) is 0 Å². The van der Waals surface area contributed by atoms with E-state index in [4.69, 9.17) is 16.3 Å². The monoisotopic (exact) mass is 416 g/mol. The van der Waals surface area contributed by atoms with Crippen LogP contribution in [0.3, 0.4) is 0 Å². The molecule has 0 radical (unpaired) electrons. The van der Waals surface area contributed by atoms with E-state index in [1.165, 1.54) is 4.90 Å². The average molecular weight is 417 g/mol. The summed E-state index contributed by atoms with van der Waals surface area (Å²) in [4.78, 5) is 29.8. The van der Waals surface area contributed by atoms with Gasteiger partial charge in [-0.1, -0.05) is 17.7 Å². The number of ether oxygens (including phenoxy) is 1. The topological polar surface area (TPSA) is 65.1 Å². The Balaban J connectivity index is 1.52. The SMILES string of the molecule is CCOC(=O)N(C)c1ccc(NC(=O)N2CCN(c3cccc(Cl)c3)CC2)cc1. The number of carbonyl (C=O) groups is 2. The van der Waals surface area contributed by atoms with Crippen molar-refractivity contribution in [1.29, 1.82) is 0 Å². The van der Waals surface area contributed by atoms with Gasteiger partial charge in [-0.05, 0) is 49.4 Å². The molecule has 0 atom stereocenters. The van der Waals surface area contributed by atoms with Gasteiger partial charge in [0.1, 0.15) is 0 Å². The summed E-state index contributed by atoms with van der Waals surface area (Å²) in [5, 5.41) is 3.62. The van der Waals surface area contributed by atoms with E-state index in [1.807, 2.05) is 24.3 Å². The third-order valence-electron chi connectivity index (χ3n) is 4.79. The summed E-state index contributed by atoms with van der Waals surface area (Å²) >= 11 is 6.07. The van der Waals surface area contributed by atoms with E-state index in [0.29, 0.717) is 36.1 Å². The fourth-order valence-electron chi connectivity index (χ4n) is 3.14. The standard InChI is InChI=1S/C21H25ClN4O3/c1-3-29-21(28)24(2)18-9-7-17(8-10-18)23-20(27)26-13-11-25(12-14-26)19-6-4-5-16(22)15-19/h4-10,15H,3,11-14H2,1-2H3,(H,23,27). The van der Waals surface area contributed by atoms with E-state index in [0.717, 1.165) is 18.8 Å². The molecule has 3 rings (SSSR count). The van der Waals surface area contributed by atoms with Crippen molar-refractivity contribution < 1.29 is 14.3 Å². The van der Waals surface area contributed by atoms with Gasteiger partial charge < -0.3 is 19.9 Å². The maximum atomic E-state index is 12.6. The average Bonchev–Trinajstić information content (AvgIpc) is 2.74. The first-order chi connectivity index (χ1) is 14.0. The summed E-state index contributed by atoms with van der Waals surface area (Å²) in [7, 11) is 1.64. The Morgan fingerprint density at radius 1 is 1.10 bits per heavy atom. The molecular formula is C21H25ClN4O3. The number of hydrogen-bond acceptors (Lipinski definition) is 4. The van der Waals surface area contributed by atoms with Gasteiger partial charge in [0.25, 0.3) is 0 Å². The molecule has 1 saturated heterocycles. The molecule has 7 nitrogen and oxygen atoms in total. The zero-order valence-electron chi connectivity index (χ0n) is 16.6. The highest BCUT2D eigenvalue weighted by molar-refractivity contribution is 6.30. The van der Waals surface area contributed by atoms with E-state index < -0.39 is 6.09 Å². The maximum Gasteiger partial charge on any atom is 0.413 e. The first-order valence-corrected chi connectivity index (χ1v) is 9.92. The lowest BCUT2D eigenvalue weighted by atomic mass is 10.2. The van der Waals surface area contributed by atoms with E-state index >= 15 is 0 Å². The normalized spacial score (nSPS) is 13.8. The van der Waals surface area contributed by atoms with Gasteiger partial charge in [0.05, 0.1) is 6.61 Å². The number of halogens is 1. The van der Waals surface area contributed by atoms with Crippen LogP contribution in [0.5, 0.6) is 0 Å². The van der Waals surface area contributed by atoms with Crippen molar-refractivity contribution >= 4 is 40.8 Å². The van der Waals surface area contributed by atoms with Gasteiger partial charge in [-0.3, -0.25) is 4.90 Å². The predicted molar refractivity (Wildman–Crippen MR) is 116 cm³/mol. The van der Waals surface area contributed by atoms with Crippen LogP contribution in [0, 0.1) is 0 Å². The molecule has 2 aromatic carbocycles. The molecule has 0 aliphatic carbocycles. The van der Waals surface area contributed by atoms with E-state index in [1.54, 1.807) is 43.1 Å². The van der Waals surface area contributed by atoms with Crippen molar-refractivity contribution in [2.75, 3.05) is 55.0 Å². The molecular weight excluding hydrogens is 392 g/mol. The Hall–Kier alpha value is -2.93. The van der Waals surface area contributed by atoms with Gasteiger partial charge in [0, 0.05) is 55.3 Å². The number of piperazine rings is 1. The molecule has 8 heteroatoms. The van der Waals surface area contributed by atoms with Gasteiger partial charge in [0.15, 0.2) is 0 Å². The largest absolute Gasteiger partial charge is 0.449 e. The highest BCUT2D eigenvalue weighted by Crippen LogP contribution is 2.22. The second-order valence-electron chi connectivity index (χ2n) is 6.69. The van der Waals surface area contributed by atoms with Crippen molar-refractivity contribution in [1.82, 2.24) is 4.90 Å². The van der Waals surface area contributed by atoms with Crippen molar-refractivity contribution in [2.45, 2.75) is 6.92 Å². The molecule has 1 aliphatic rings. The number of amides is 3. The molecule has 2 aromatic rings. The van der Waals surface area contributed by atoms with Crippen LogP contribution in [0.15, 0.2) is 48.5 Å². The Morgan fingerprint density at radius 3 is 2.41 bits per heavy atom. The summed E-state index contributed by atoms with van der Waals surface area (Å²) in [6.07, 6.45) is -0.415. The Morgan fingerprint density at radius 2 is 1.79 bits per heavy atom. The molecule has 0 bridgehead atoms. The summed E-state index contributed by atoms with van der Waals surface area (Å²) in [6, 6.07) is 14.7. The Labute approximate surface area is 175 Å². The number of anilines is 3. The van der Waals surface area contributed by atoms with Crippen LogP contribution < -0.4 is 15.1 Å². The molecule has 0 saturated carbocycles. The number of hydrogen-bond donors (Lipinski definition) is 1. The quantitative estimate of drug-likeness (QED) is 0.807. The number of benzene rings is 2. The summed E-state index contributed by atoms with van der Waals surface area (Å²) < 4.78 is 4.98. The zero-order chi connectivity index (χ0) is 20.8. The van der Waals surface area contributed by atoms with Crippen LogP contribution in [0.2, 0.25) is 5.02 Å². The predicted octanol–water partition coefficient (Wildman–Crippen LogP) is 4.29. The second kappa shape index (κ2) is 9.52. The van der Waals surface area contributed by atoms with Gasteiger partial charge in [-0.2, -0.15) is 0 Å². The van der Waals surface area contributed by atoms with E-state index in [9.17, 15) is 9.59 Å². The minimum absolute atomic E-state index is 0.137. The van der Waals surface area contributed by atoms with Crippen LogP contribution in [-0.2, 0) is 4.74 Å². The molecule has 154 valence electrons. The third kappa shape index (κ3) is 5.32. The van der Waals surface area contributed by atoms with E-state index in [2.05, 4.69) is 10.2 Å². The van der Waals surface area contributed by atoms with Crippen LogP contribution in [0.4, 0.5) is 26.7 Å². The molecule has 0 unspecified atom stereocenters. The Kier molecular flexibility index (Phi) is 6.82. The van der Waals surface area contributed by atoms with Crippen LogP contribution in [0.25, 0.3) is 0 Å². The number of nitrogens with one attached hydrogen (secondary N) is 1. The van der Waals surface area contributed by atoms with Gasteiger partial charge in [-0.15, -0.1) is 0 Å². The number of rotatable bonds is 4. The first-order valence-electron chi connectivity index (χ1n) is 9.55. The molecule has 29 heavy (non-hydrogen) atoms. The molecule has 1 N–H and O–H groups in total. The molecule has 1 aliphatic heterocycles. The van der Waals surface area contributed by atoms with Gasteiger partial charge in [0.2, 0.25) is 0 Å². The van der Waals surface area contributed by atoms with Crippen molar-refractivity contribution in [3.05, 3.63) is 53.6 Å². The lowest BCUT2D eigenvalue weighted by Gasteiger charge is -2.36. The van der Waals surface area contributed by atoms with Gasteiger partial charge >= 0.3 is 12.1 Å². The van der Waals surface area contributed by atoms with Crippen molar-refractivity contribution in [3.8, 4) is 0 Å². The zero-order valence-corrected chi connectivity index (χ0v) is 17.4. The number of urea groups is 1. The van der Waals surface area contributed by atoms with Gasteiger partial charge in [-0.25, -0.2) is 9.59 Å². The maximum absolute atomic E-state index is 12.6. The van der Waals surface area contributed by atoms with Crippen LogP contribution in [0.1, 0.15) is 6.92 Å².